The SMILES string of the molecule is COC(OC)C1CCN(c2ccc([C@@H]3c4ccc(O)cc4CO[C@@H]3C3CCC3)cc2)CC1. The first-order chi connectivity index (χ1) is 15.7. The number of aromatic hydroxyl groups is 1. The lowest BCUT2D eigenvalue weighted by atomic mass is 9.71. The van der Waals surface area contributed by atoms with E-state index in [0.717, 1.165) is 31.5 Å². The van der Waals surface area contributed by atoms with Gasteiger partial charge in [0.05, 0.1) is 12.7 Å². The van der Waals surface area contributed by atoms with Crippen LogP contribution in [0.25, 0.3) is 0 Å². The molecule has 1 saturated heterocycles. The number of phenolic OH excluding ortho intramolecular Hbond substituents is 1. The molecule has 1 saturated carbocycles. The molecule has 5 rings (SSSR count). The Labute approximate surface area is 191 Å². The van der Waals surface area contributed by atoms with Gasteiger partial charge in [-0.15, -0.1) is 0 Å². The van der Waals surface area contributed by atoms with Crippen LogP contribution in [0.1, 0.15) is 54.7 Å². The third kappa shape index (κ3) is 4.14. The van der Waals surface area contributed by atoms with Gasteiger partial charge >= 0.3 is 0 Å². The number of nitrogens with zero attached hydrogens (tertiary/aromatic N) is 1. The molecular weight excluding hydrogens is 402 g/mol. The van der Waals surface area contributed by atoms with Crippen LogP contribution in [0, 0.1) is 11.8 Å². The summed E-state index contributed by atoms with van der Waals surface area (Å²) in [5.41, 5.74) is 5.01. The molecule has 2 aromatic rings. The lowest BCUT2D eigenvalue weighted by Crippen LogP contribution is -2.39. The molecule has 32 heavy (non-hydrogen) atoms. The Bertz CT molecular complexity index is 898. The zero-order valence-corrected chi connectivity index (χ0v) is 19.2. The summed E-state index contributed by atoms with van der Waals surface area (Å²) in [6, 6.07) is 14.9. The number of hydrogen-bond donors (Lipinski definition) is 1. The van der Waals surface area contributed by atoms with E-state index in [0.29, 0.717) is 24.2 Å². The first-order valence-corrected chi connectivity index (χ1v) is 12.0. The zero-order chi connectivity index (χ0) is 22.1. The van der Waals surface area contributed by atoms with Crippen LogP contribution in [0.15, 0.2) is 42.5 Å². The van der Waals surface area contributed by atoms with Gasteiger partial charge in [0.1, 0.15) is 5.75 Å². The van der Waals surface area contributed by atoms with Gasteiger partial charge in [-0.2, -0.15) is 0 Å². The summed E-state index contributed by atoms with van der Waals surface area (Å²) < 4.78 is 17.3. The zero-order valence-electron chi connectivity index (χ0n) is 19.2. The molecule has 0 radical (unpaired) electrons. The fraction of sp³-hybridized carbons (Fsp3) is 0.556. The molecule has 0 bridgehead atoms. The van der Waals surface area contributed by atoms with Gasteiger partial charge in [-0.25, -0.2) is 0 Å². The lowest BCUT2D eigenvalue weighted by Gasteiger charge is -2.42. The molecule has 1 aliphatic carbocycles. The number of piperidine rings is 1. The number of ether oxygens (including phenoxy) is 3. The lowest BCUT2D eigenvalue weighted by molar-refractivity contribution is -0.141. The maximum atomic E-state index is 9.97. The predicted octanol–water partition coefficient (Wildman–Crippen LogP) is 5.06. The van der Waals surface area contributed by atoms with E-state index >= 15 is 0 Å². The summed E-state index contributed by atoms with van der Waals surface area (Å²) >= 11 is 0. The van der Waals surface area contributed by atoms with Crippen molar-refractivity contribution in [2.45, 2.75) is 57.0 Å². The topological polar surface area (TPSA) is 51.2 Å². The molecule has 172 valence electrons. The minimum Gasteiger partial charge on any atom is -0.508 e. The van der Waals surface area contributed by atoms with Crippen molar-refractivity contribution in [2.75, 3.05) is 32.2 Å². The van der Waals surface area contributed by atoms with E-state index in [1.54, 1.807) is 14.2 Å². The quantitative estimate of drug-likeness (QED) is 0.641. The summed E-state index contributed by atoms with van der Waals surface area (Å²) in [6.07, 6.45) is 6.09. The average Bonchev–Trinajstić information content (AvgIpc) is 2.79. The van der Waals surface area contributed by atoms with Gasteiger partial charge in [0, 0.05) is 44.8 Å². The van der Waals surface area contributed by atoms with Crippen molar-refractivity contribution >= 4 is 5.69 Å². The molecule has 2 aliphatic heterocycles. The van der Waals surface area contributed by atoms with Gasteiger partial charge in [-0.3, -0.25) is 0 Å². The second-order valence-electron chi connectivity index (χ2n) is 9.58. The number of phenols is 1. The summed E-state index contributed by atoms with van der Waals surface area (Å²) in [7, 11) is 3.45. The van der Waals surface area contributed by atoms with E-state index in [9.17, 15) is 5.11 Å². The highest BCUT2D eigenvalue weighted by molar-refractivity contribution is 5.51. The number of benzene rings is 2. The maximum Gasteiger partial charge on any atom is 0.159 e. The predicted molar refractivity (Wildman–Crippen MR) is 125 cm³/mol. The van der Waals surface area contributed by atoms with E-state index in [4.69, 9.17) is 14.2 Å². The Morgan fingerprint density at radius 1 is 0.969 bits per heavy atom. The van der Waals surface area contributed by atoms with Gasteiger partial charge in [0.2, 0.25) is 0 Å². The molecule has 3 aliphatic rings. The first kappa shape index (κ1) is 21.7. The van der Waals surface area contributed by atoms with Crippen LogP contribution in [0.3, 0.4) is 0 Å². The molecule has 2 aromatic carbocycles. The van der Waals surface area contributed by atoms with E-state index in [2.05, 4.69) is 35.2 Å². The fourth-order valence-corrected chi connectivity index (χ4v) is 5.83. The van der Waals surface area contributed by atoms with E-state index in [1.165, 1.54) is 36.1 Å². The van der Waals surface area contributed by atoms with Crippen LogP contribution in [0.4, 0.5) is 5.69 Å². The van der Waals surface area contributed by atoms with Crippen molar-refractivity contribution in [1.82, 2.24) is 0 Å². The largest absolute Gasteiger partial charge is 0.508 e. The van der Waals surface area contributed by atoms with Crippen LogP contribution < -0.4 is 4.90 Å². The third-order valence-corrected chi connectivity index (χ3v) is 7.84. The normalized spacial score (nSPS) is 24.4. The van der Waals surface area contributed by atoms with Crippen molar-refractivity contribution in [3.63, 3.8) is 0 Å². The molecule has 0 amide bonds. The minimum absolute atomic E-state index is 0.103. The summed E-state index contributed by atoms with van der Waals surface area (Å²) in [5.74, 6) is 1.64. The molecule has 2 heterocycles. The van der Waals surface area contributed by atoms with Gasteiger partial charge in [0.25, 0.3) is 0 Å². The standard InChI is InChI=1S/C27H35NO4/c1-30-27(31-2)20-12-14-28(15-13-20)22-8-6-18(7-9-22)25-24-11-10-23(29)16-21(24)17-32-26(25)19-4-3-5-19/h6-11,16,19-20,25-27,29H,3-5,12-15,17H2,1-2H3/t25-,26-/m1/s1. The molecule has 2 atom stereocenters. The summed E-state index contributed by atoms with van der Waals surface area (Å²) in [4.78, 5) is 2.47. The fourth-order valence-electron chi connectivity index (χ4n) is 5.83. The third-order valence-electron chi connectivity index (χ3n) is 7.84. The minimum atomic E-state index is -0.103. The molecule has 0 unspecified atom stereocenters. The van der Waals surface area contributed by atoms with Gasteiger partial charge < -0.3 is 24.2 Å². The highest BCUT2D eigenvalue weighted by Gasteiger charge is 2.39. The van der Waals surface area contributed by atoms with Crippen molar-refractivity contribution in [2.24, 2.45) is 11.8 Å². The molecule has 5 nitrogen and oxygen atoms in total. The van der Waals surface area contributed by atoms with Gasteiger partial charge in [0.15, 0.2) is 6.29 Å². The number of methoxy groups -OCH3 is 2. The summed E-state index contributed by atoms with van der Waals surface area (Å²) in [6.45, 7) is 2.64. The number of fused-ring (bicyclic) bond motifs is 1. The Morgan fingerprint density at radius 3 is 2.31 bits per heavy atom. The molecular formula is C27H35NO4. The Balaban J connectivity index is 1.35. The Morgan fingerprint density at radius 2 is 1.69 bits per heavy atom. The van der Waals surface area contributed by atoms with Crippen LogP contribution >= 0.6 is 0 Å². The van der Waals surface area contributed by atoms with Crippen molar-refractivity contribution in [3.8, 4) is 5.75 Å². The summed E-state index contributed by atoms with van der Waals surface area (Å²) in [5, 5.41) is 9.97. The second kappa shape index (κ2) is 9.42. The monoisotopic (exact) mass is 437 g/mol. The van der Waals surface area contributed by atoms with E-state index < -0.39 is 0 Å². The number of anilines is 1. The molecule has 2 fully saturated rings. The average molecular weight is 438 g/mol. The van der Waals surface area contributed by atoms with E-state index in [1.807, 2.05) is 12.1 Å². The molecule has 1 N–H and O–H groups in total. The number of rotatable bonds is 6. The van der Waals surface area contributed by atoms with Crippen LogP contribution in [-0.2, 0) is 20.8 Å². The highest BCUT2D eigenvalue weighted by Crippen LogP contribution is 2.46. The van der Waals surface area contributed by atoms with Crippen molar-refractivity contribution in [1.29, 1.82) is 0 Å². The van der Waals surface area contributed by atoms with Crippen LogP contribution in [0.5, 0.6) is 5.75 Å². The molecule has 0 spiro atoms. The van der Waals surface area contributed by atoms with Gasteiger partial charge in [-0.05, 0) is 72.6 Å². The van der Waals surface area contributed by atoms with Crippen LogP contribution in [-0.4, -0.2) is 44.8 Å². The molecule has 0 aromatic heterocycles. The molecule has 5 heteroatoms. The highest BCUT2D eigenvalue weighted by atomic mass is 16.7. The van der Waals surface area contributed by atoms with E-state index in [-0.39, 0.29) is 18.3 Å². The maximum absolute atomic E-state index is 9.97. The first-order valence-electron chi connectivity index (χ1n) is 12.0. The smallest absolute Gasteiger partial charge is 0.159 e. The second-order valence-corrected chi connectivity index (χ2v) is 9.58. The Hall–Kier alpha value is -2.08. The van der Waals surface area contributed by atoms with Crippen molar-refractivity contribution in [3.05, 3.63) is 59.2 Å². The van der Waals surface area contributed by atoms with Crippen molar-refractivity contribution < 1.29 is 19.3 Å². The van der Waals surface area contributed by atoms with Gasteiger partial charge in [-0.1, -0.05) is 24.6 Å². The number of hydrogen-bond acceptors (Lipinski definition) is 5. The Kier molecular flexibility index (Phi) is 6.40. The van der Waals surface area contributed by atoms with Crippen LogP contribution in [0.2, 0.25) is 0 Å².